The Morgan fingerprint density at radius 2 is 2.03 bits per heavy atom. The minimum atomic E-state index is -4.82. The van der Waals surface area contributed by atoms with E-state index in [9.17, 15) is 23.4 Å². The maximum absolute atomic E-state index is 12.4. The molecule has 1 aromatic carbocycles. The average Bonchev–Trinajstić information content (AvgIpc) is 3.06. The SMILES string of the molecule is CC(C)(O)OC1C[C@H](Nc2nccc(N=C(N)c3cccc(OC(F)(F)F)c3)n2)C[C@@H]1CO. The molecule has 1 aromatic heterocycles. The van der Waals surface area contributed by atoms with E-state index in [1.807, 2.05) is 0 Å². The van der Waals surface area contributed by atoms with E-state index in [-0.39, 0.29) is 47.8 Å². The third-order valence-corrected chi connectivity index (χ3v) is 4.88. The molecule has 0 bridgehead atoms. The number of rotatable bonds is 8. The van der Waals surface area contributed by atoms with Gasteiger partial charge in [-0.3, -0.25) is 0 Å². The molecule has 1 aliphatic carbocycles. The molecular formula is C21H26F3N5O4. The van der Waals surface area contributed by atoms with Crippen molar-refractivity contribution >= 4 is 17.6 Å². The summed E-state index contributed by atoms with van der Waals surface area (Å²) in [5, 5.41) is 22.7. The van der Waals surface area contributed by atoms with Gasteiger partial charge in [0.25, 0.3) is 0 Å². The van der Waals surface area contributed by atoms with E-state index in [1.165, 1.54) is 38.2 Å². The summed E-state index contributed by atoms with van der Waals surface area (Å²) in [6, 6.07) is 6.55. The van der Waals surface area contributed by atoms with Gasteiger partial charge in [-0.05, 0) is 38.8 Å². The first kappa shape index (κ1) is 24.7. The van der Waals surface area contributed by atoms with Crippen LogP contribution in [-0.4, -0.2) is 56.9 Å². The van der Waals surface area contributed by atoms with Crippen LogP contribution in [0.3, 0.4) is 0 Å². The molecule has 5 N–H and O–H groups in total. The average molecular weight is 469 g/mol. The molecule has 1 unspecified atom stereocenters. The predicted molar refractivity (Wildman–Crippen MR) is 114 cm³/mol. The topological polar surface area (TPSA) is 135 Å². The Balaban J connectivity index is 1.70. The summed E-state index contributed by atoms with van der Waals surface area (Å²) in [6.45, 7) is 2.97. The van der Waals surface area contributed by atoms with Crippen molar-refractivity contribution in [3.05, 3.63) is 42.1 Å². The zero-order valence-corrected chi connectivity index (χ0v) is 18.1. The molecule has 12 heteroatoms. The Morgan fingerprint density at radius 1 is 1.27 bits per heavy atom. The largest absolute Gasteiger partial charge is 0.573 e. The lowest BCUT2D eigenvalue weighted by molar-refractivity contribution is -0.274. The highest BCUT2D eigenvalue weighted by atomic mass is 19.4. The van der Waals surface area contributed by atoms with Crippen LogP contribution in [0.15, 0.2) is 41.5 Å². The molecule has 3 atom stereocenters. The number of nitrogens with one attached hydrogen (secondary N) is 1. The molecule has 0 spiro atoms. The Bertz CT molecular complexity index is 981. The molecule has 1 aliphatic rings. The number of aliphatic hydroxyl groups is 2. The number of nitrogens with two attached hydrogens (primary N) is 1. The third kappa shape index (κ3) is 7.55. The molecule has 3 rings (SSSR count). The van der Waals surface area contributed by atoms with E-state index >= 15 is 0 Å². The fraction of sp³-hybridized carbons (Fsp3) is 0.476. The number of aliphatic imine (C=N–C) groups is 1. The Labute approximate surface area is 188 Å². The van der Waals surface area contributed by atoms with Gasteiger partial charge >= 0.3 is 6.36 Å². The summed E-state index contributed by atoms with van der Waals surface area (Å²) in [5.74, 6) is -1.47. The molecule has 33 heavy (non-hydrogen) atoms. The van der Waals surface area contributed by atoms with Crippen LogP contribution < -0.4 is 15.8 Å². The number of anilines is 1. The first-order chi connectivity index (χ1) is 15.4. The van der Waals surface area contributed by atoms with Crippen LogP contribution in [0.25, 0.3) is 0 Å². The molecular weight excluding hydrogens is 443 g/mol. The number of hydrogen-bond donors (Lipinski definition) is 4. The van der Waals surface area contributed by atoms with Crippen molar-refractivity contribution in [2.24, 2.45) is 16.6 Å². The summed E-state index contributed by atoms with van der Waals surface area (Å²) < 4.78 is 46.9. The minimum Gasteiger partial charge on any atom is -0.406 e. The summed E-state index contributed by atoms with van der Waals surface area (Å²) in [7, 11) is 0. The number of hydrogen-bond acceptors (Lipinski definition) is 8. The van der Waals surface area contributed by atoms with Gasteiger partial charge in [0, 0.05) is 36.4 Å². The number of alkyl halides is 3. The lowest BCUT2D eigenvalue weighted by atomic mass is 10.1. The van der Waals surface area contributed by atoms with Gasteiger partial charge in [-0.25, -0.2) is 9.98 Å². The summed E-state index contributed by atoms with van der Waals surface area (Å²) >= 11 is 0. The van der Waals surface area contributed by atoms with Gasteiger partial charge in [0.1, 0.15) is 11.6 Å². The highest BCUT2D eigenvalue weighted by molar-refractivity contribution is 5.99. The highest BCUT2D eigenvalue weighted by Gasteiger charge is 2.37. The van der Waals surface area contributed by atoms with E-state index < -0.39 is 17.9 Å². The number of ether oxygens (including phenoxy) is 2. The molecule has 0 aliphatic heterocycles. The minimum absolute atomic E-state index is 0.0490. The molecule has 2 aromatic rings. The number of aromatic nitrogens is 2. The Hall–Kier alpha value is -2.96. The second-order valence-corrected chi connectivity index (χ2v) is 8.17. The van der Waals surface area contributed by atoms with Gasteiger partial charge in [0.2, 0.25) is 5.95 Å². The van der Waals surface area contributed by atoms with Gasteiger partial charge in [-0.15, -0.1) is 13.2 Å². The third-order valence-electron chi connectivity index (χ3n) is 4.88. The highest BCUT2D eigenvalue weighted by Crippen LogP contribution is 2.32. The van der Waals surface area contributed by atoms with E-state index in [0.29, 0.717) is 12.8 Å². The normalized spacial score (nSPS) is 21.8. The Kier molecular flexibility index (Phi) is 7.40. The van der Waals surface area contributed by atoms with Gasteiger partial charge in [-0.2, -0.15) is 4.98 Å². The molecule has 9 nitrogen and oxygen atoms in total. The lowest BCUT2D eigenvalue weighted by Crippen LogP contribution is -2.33. The first-order valence-corrected chi connectivity index (χ1v) is 10.2. The lowest BCUT2D eigenvalue weighted by Gasteiger charge is -2.26. The van der Waals surface area contributed by atoms with Crippen molar-refractivity contribution in [2.45, 2.75) is 51.0 Å². The fourth-order valence-electron chi connectivity index (χ4n) is 3.62. The monoisotopic (exact) mass is 469 g/mol. The zero-order valence-electron chi connectivity index (χ0n) is 18.1. The van der Waals surface area contributed by atoms with Crippen molar-refractivity contribution in [2.75, 3.05) is 11.9 Å². The van der Waals surface area contributed by atoms with Crippen LogP contribution in [-0.2, 0) is 4.74 Å². The number of halogens is 3. The molecule has 1 fully saturated rings. The summed E-state index contributed by atoms with van der Waals surface area (Å²) in [5.41, 5.74) is 6.19. The van der Waals surface area contributed by atoms with Gasteiger partial charge in [0.15, 0.2) is 11.6 Å². The van der Waals surface area contributed by atoms with Gasteiger partial charge in [-0.1, -0.05) is 12.1 Å². The molecule has 1 saturated carbocycles. The number of benzene rings is 1. The maximum Gasteiger partial charge on any atom is 0.573 e. The van der Waals surface area contributed by atoms with Crippen molar-refractivity contribution in [1.82, 2.24) is 9.97 Å². The Morgan fingerprint density at radius 3 is 2.70 bits per heavy atom. The van der Waals surface area contributed by atoms with Crippen LogP contribution in [0.5, 0.6) is 5.75 Å². The summed E-state index contributed by atoms with van der Waals surface area (Å²) in [4.78, 5) is 12.6. The van der Waals surface area contributed by atoms with Crippen LogP contribution >= 0.6 is 0 Å². The van der Waals surface area contributed by atoms with Gasteiger partial charge < -0.3 is 30.7 Å². The van der Waals surface area contributed by atoms with Crippen LogP contribution in [0.4, 0.5) is 24.9 Å². The van der Waals surface area contributed by atoms with Crippen LogP contribution in [0, 0.1) is 5.92 Å². The van der Waals surface area contributed by atoms with E-state index in [2.05, 4.69) is 25.0 Å². The quantitative estimate of drug-likeness (QED) is 0.263. The number of aliphatic hydroxyl groups excluding tert-OH is 1. The summed E-state index contributed by atoms with van der Waals surface area (Å²) in [6.07, 6.45) is -2.57. The number of nitrogens with zero attached hydrogens (tertiary/aromatic N) is 3. The van der Waals surface area contributed by atoms with Crippen LogP contribution in [0.1, 0.15) is 32.3 Å². The number of amidine groups is 1. The van der Waals surface area contributed by atoms with E-state index in [0.717, 1.165) is 12.1 Å². The fourth-order valence-corrected chi connectivity index (χ4v) is 3.62. The standard InChI is InChI=1S/C21H26F3N5O4/c1-20(2,31)33-16-10-14(8-13(16)11-30)27-19-26-7-6-17(29-19)28-18(25)12-4-3-5-15(9-12)32-21(22,23)24/h3-7,9,13-14,16,30-31H,8,10-11H2,1-2H3,(H3,25,26,27,28,29)/t13-,14-,16?/m1/s1. The molecule has 0 saturated heterocycles. The second-order valence-electron chi connectivity index (χ2n) is 8.17. The van der Waals surface area contributed by atoms with Gasteiger partial charge in [0.05, 0.1) is 6.10 Å². The van der Waals surface area contributed by atoms with Crippen LogP contribution in [0.2, 0.25) is 0 Å². The van der Waals surface area contributed by atoms with Crippen molar-refractivity contribution in [3.63, 3.8) is 0 Å². The molecule has 0 radical (unpaired) electrons. The zero-order chi connectivity index (χ0) is 24.2. The molecule has 180 valence electrons. The van der Waals surface area contributed by atoms with E-state index in [4.69, 9.17) is 10.5 Å². The predicted octanol–water partition coefficient (Wildman–Crippen LogP) is 2.71. The van der Waals surface area contributed by atoms with Crippen molar-refractivity contribution in [3.8, 4) is 5.75 Å². The maximum atomic E-state index is 12.4. The second kappa shape index (κ2) is 9.89. The van der Waals surface area contributed by atoms with E-state index in [1.54, 1.807) is 0 Å². The first-order valence-electron chi connectivity index (χ1n) is 10.2. The molecule has 1 heterocycles. The van der Waals surface area contributed by atoms with Crippen molar-refractivity contribution in [1.29, 1.82) is 0 Å². The molecule has 0 amide bonds. The smallest absolute Gasteiger partial charge is 0.406 e. The van der Waals surface area contributed by atoms with Crippen molar-refractivity contribution < 1.29 is 32.9 Å².